The molecule has 2 rings (SSSR count). The highest BCUT2D eigenvalue weighted by atomic mass is 16.7. The van der Waals surface area contributed by atoms with Crippen LogP contribution < -0.4 is 14.4 Å². The molecule has 0 saturated heterocycles. The van der Waals surface area contributed by atoms with Gasteiger partial charge in [-0.25, -0.2) is 4.79 Å². The van der Waals surface area contributed by atoms with Crippen molar-refractivity contribution in [2.45, 2.75) is 0 Å². The summed E-state index contributed by atoms with van der Waals surface area (Å²) in [5.41, 5.74) is 0.948. The van der Waals surface area contributed by atoms with Crippen molar-refractivity contribution in [2.24, 2.45) is 0 Å². The van der Waals surface area contributed by atoms with Crippen molar-refractivity contribution in [3.8, 4) is 11.5 Å². The zero-order valence-corrected chi connectivity index (χ0v) is 9.42. The van der Waals surface area contributed by atoms with Crippen LogP contribution in [0.3, 0.4) is 0 Å². The molecule has 0 aromatic heterocycles. The molecule has 1 aromatic rings. The van der Waals surface area contributed by atoms with Crippen LogP contribution in [-0.2, 0) is 4.79 Å². The number of aliphatic carboxylic acids is 1. The minimum atomic E-state index is -0.941. The maximum absolute atomic E-state index is 10.3. The smallest absolute Gasteiger partial charge is 0.328 e. The minimum Gasteiger partial charge on any atom is -0.478 e. The summed E-state index contributed by atoms with van der Waals surface area (Å²) in [6, 6.07) is 5.62. The van der Waals surface area contributed by atoms with E-state index in [1.165, 1.54) is 0 Å². The molecule has 1 aliphatic heterocycles. The lowest BCUT2D eigenvalue weighted by Crippen LogP contribution is -2.16. The Morgan fingerprint density at radius 3 is 3.00 bits per heavy atom. The summed E-state index contributed by atoms with van der Waals surface area (Å²) in [4.78, 5) is 12.2. The van der Waals surface area contributed by atoms with Gasteiger partial charge in [0.2, 0.25) is 6.79 Å². The number of likely N-dealkylation sites (N-methyl/N-ethyl adjacent to an activating group) is 1. The highest BCUT2D eigenvalue weighted by Gasteiger charge is 2.14. The molecule has 0 bridgehead atoms. The molecule has 0 atom stereocenters. The highest BCUT2D eigenvalue weighted by Crippen LogP contribution is 2.35. The third-order valence-electron chi connectivity index (χ3n) is 2.44. The van der Waals surface area contributed by atoms with Gasteiger partial charge in [0.1, 0.15) is 0 Å². The first-order valence-electron chi connectivity index (χ1n) is 5.17. The van der Waals surface area contributed by atoms with Gasteiger partial charge >= 0.3 is 5.97 Å². The number of nitrogens with zero attached hydrogens (tertiary/aromatic N) is 1. The second kappa shape index (κ2) is 4.78. The molecule has 17 heavy (non-hydrogen) atoms. The number of fused-ring (bicyclic) bond motifs is 1. The van der Waals surface area contributed by atoms with Crippen molar-refractivity contribution in [1.82, 2.24) is 0 Å². The highest BCUT2D eigenvalue weighted by molar-refractivity contribution is 5.79. The first-order chi connectivity index (χ1) is 8.16. The van der Waals surface area contributed by atoms with E-state index in [0.717, 1.165) is 23.3 Å². The second-order valence-corrected chi connectivity index (χ2v) is 3.66. The first-order valence-corrected chi connectivity index (χ1v) is 5.17. The number of carbonyl (C=O) groups is 1. The molecule has 5 heteroatoms. The van der Waals surface area contributed by atoms with Gasteiger partial charge in [0, 0.05) is 31.4 Å². The average Bonchev–Trinajstić information content (AvgIpc) is 2.75. The number of hydrogen-bond acceptors (Lipinski definition) is 4. The molecule has 0 fully saturated rings. The fraction of sp³-hybridized carbons (Fsp3) is 0.250. The maximum atomic E-state index is 10.3. The Hall–Kier alpha value is -2.17. The van der Waals surface area contributed by atoms with E-state index in [4.69, 9.17) is 14.6 Å². The fourth-order valence-corrected chi connectivity index (χ4v) is 1.54. The standard InChI is InChI=1S/C12H13NO4/c1-13(6-2-3-12(14)15)9-4-5-10-11(7-9)17-8-16-10/h2-5,7H,6,8H2,1H3,(H,14,15)/b3-2+. The number of rotatable bonds is 4. The monoisotopic (exact) mass is 235 g/mol. The van der Waals surface area contributed by atoms with E-state index in [0.29, 0.717) is 6.54 Å². The molecular weight excluding hydrogens is 222 g/mol. The summed E-state index contributed by atoms with van der Waals surface area (Å²) in [6.07, 6.45) is 2.72. The van der Waals surface area contributed by atoms with Gasteiger partial charge in [0.05, 0.1) is 0 Å². The zero-order chi connectivity index (χ0) is 12.3. The summed E-state index contributed by atoms with van der Waals surface area (Å²) in [7, 11) is 1.88. The molecule has 90 valence electrons. The largest absolute Gasteiger partial charge is 0.478 e. The Bertz CT molecular complexity index is 456. The van der Waals surface area contributed by atoms with E-state index in [-0.39, 0.29) is 6.79 Å². The van der Waals surface area contributed by atoms with Crippen LogP contribution in [-0.4, -0.2) is 31.5 Å². The van der Waals surface area contributed by atoms with Gasteiger partial charge in [-0.05, 0) is 12.1 Å². The van der Waals surface area contributed by atoms with E-state index in [9.17, 15) is 4.79 Å². The molecular formula is C12H13NO4. The van der Waals surface area contributed by atoms with Gasteiger partial charge in [0.25, 0.3) is 0 Å². The van der Waals surface area contributed by atoms with Crippen molar-refractivity contribution < 1.29 is 19.4 Å². The molecule has 0 spiro atoms. The number of hydrogen-bond donors (Lipinski definition) is 1. The molecule has 1 N–H and O–H groups in total. The Balaban J connectivity index is 2.04. The van der Waals surface area contributed by atoms with Crippen molar-refractivity contribution in [1.29, 1.82) is 0 Å². The van der Waals surface area contributed by atoms with Gasteiger partial charge in [0.15, 0.2) is 11.5 Å². The van der Waals surface area contributed by atoms with Crippen LogP contribution in [0.1, 0.15) is 0 Å². The number of carboxylic acids is 1. The molecule has 0 radical (unpaired) electrons. The van der Waals surface area contributed by atoms with Crippen molar-refractivity contribution in [3.63, 3.8) is 0 Å². The van der Waals surface area contributed by atoms with Crippen molar-refractivity contribution in [3.05, 3.63) is 30.4 Å². The maximum Gasteiger partial charge on any atom is 0.328 e. The molecule has 1 heterocycles. The number of anilines is 1. The van der Waals surface area contributed by atoms with Gasteiger partial charge in [-0.1, -0.05) is 6.08 Å². The Kier molecular flexibility index (Phi) is 3.18. The van der Waals surface area contributed by atoms with E-state index < -0.39 is 5.97 Å². The predicted molar refractivity (Wildman–Crippen MR) is 62.6 cm³/mol. The van der Waals surface area contributed by atoms with E-state index in [1.54, 1.807) is 6.08 Å². The Labute approximate surface area is 98.9 Å². The van der Waals surface area contributed by atoms with Crippen molar-refractivity contribution in [2.75, 3.05) is 25.3 Å². The van der Waals surface area contributed by atoms with Crippen LogP contribution in [0.15, 0.2) is 30.4 Å². The number of benzene rings is 1. The second-order valence-electron chi connectivity index (χ2n) is 3.66. The fourth-order valence-electron chi connectivity index (χ4n) is 1.54. The van der Waals surface area contributed by atoms with Gasteiger partial charge in [-0.2, -0.15) is 0 Å². The predicted octanol–water partition coefficient (Wildman–Crippen LogP) is 1.49. The van der Waals surface area contributed by atoms with Gasteiger partial charge < -0.3 is 19.5 Å². The molecule has 0 aliphatic carbocycles. The quantitative estimate of drug-likeness (QED) is 0.801. The summed E-state index contributed by atoms with van der Waals surface area (Å²) < 4.78 is 10.5. The Morgan fingerprint density at radius 1 is 1.47 bits per heavy atom. The lowest BCUT2D eigenvalue weighted by atomic mass is 10.2. The normalized spacial score (nSPS) is 13.0. The van der Waals surface area contributed by atoms with Gasteiger partial charge in [-0.15, -0.1) is 0 Å². The zero-order valence-electron chi connectivity index (χ0n) is 9.42. The summed E-state index contributed by atoms with van der Waals surface area (Å²) >= 11 is 0. The third-order valence-corrected chi connectivity index (χ3v) is 2.44. The lowest BCUT2D eigenvalue weighted by Gasteiger charge is -2.17. The van der Waals surface area contributed by atoms with E-state index in [2.05, 4.69) is 0 Å². The summed E-state index contributed by atoms with van der Waals surface area (Å²) in [5, 5.41) is 8.48. The molecule has 1 aromatic carbocycles. The SMILES string of the molecule is CN(C/C=C/C(=O)O)c1ccc2c(c1)OCO2. The average molecular weight is 235 g/mol. The summed E-state index contributed by atoms with van der Waals surface area (Å²) in [6.45, 7) is 0.771. The van der Waals surface area contributed by atoms with Gasteiger partial charge in [-0.3, -0.25) is 0 Å². The van der Waals surface area contributed by atoms with Crippen LogP contribution in [0, 0.1) is 0 Å². The van der Waals surface area contributed by atoms with Crippen LogP contribution in [0.5, 0.6) is 11.5 Å². The lowest BCUT2D eigenvalue weighted by molar-refractivity contribution is -0.131. The van der Waals surface area contributed by atoms with Crippen LogP contribution in [0.2, 0.25) is 0 Å². The minimum absolute atomic E-state index is 0.251. The molecule has 0 saturated carbocycles. The number of ether oxygens (including phenoxy) is 2. The van der Waals surface area contributed by atoms with Crippen LogP contribution in [0.25, 0.3) is 0 Å². The van der Waals surface area contributed by atoms with E-state index in [1.807, 2.05) is 30.1 Å². The molecule has 5 nitrogen and oxygen atoms in total. The summed E-state index contributed by atoms with van der Waals surface area (Å²) in [5.74, 6) is 0.517. The molecule has 0 unspecified atom stereocenters. The van der Waals surface area contributed by atoms with Crippen LogP contribution in [0.4, 0.5) is 5.69 Å². The third kappa shape index (κ3) is 2.69. The topological polar surface area (TPSA) is 59.0 Å². The number of carboxylic acid groups (broad SMARTS) is 1. The first kappa shape index (κ1) is 11.3. The van der Waals surface area contributed by atoms with E-state index >= 15 is 0 Å². The van der Waals surface area contributed by atoms with Crippen molar-refractivity contribution >= 4 is 11.7 Å². The molecule has 0 amide bonds. The Morgan fingerprint density at radius 2 is 2.24 bits per heavy atom. The van der Waals surface area contributed by atoms with Crippen LogP contribution >= 0.6 is 0 Å². The molecule has 1 aliphatic rings.